The van der Waals surface area contributed by atoms with Gasteiger partial charge in [-0.2, -0.15) is 0 Å². The summed E-state index contributed by atoms with van der Waals surface area (Å²) in [6.45, 7) is 0. The predicted octanol–water partition coefficient (Wildman–Crippen LogP) is 2.36. The van der Waals surface area contributed by atoms with Crippen LogP contribution in [-0.4, -0.2) is 14.5 Å². The molecule has 2 aromatic heterocycles. The molecule has 1 aromatic carbocycles. The van der Waals surface area contributed by atoms with Gasteiger partial charge in [-0.3, -0.25) is 4.98 Å². The van der Waals surface area contributed by atoms with Crippen LogP contribution in [0.4, 0.5) is 10.1 Å². The SMILES string of the molecule is Cn1c(-c2ccc(F)c(N)c2)nc2ccncc21. The van der Waals surface area contributed by atoms with Crippen molar-refractivity contribution < 1.29 is 4.39 Å². The molecule has 0 saturated heterocycles. The smallest absolute Gasteiger partial charge is 0.146 e. The standard InChI is InChI=1S/C13H11FN4/c1-18-12-7-16-5-4-11(12)17-13(18)8-2-3-9(14)10(15)6-8/h2-7H,15H2,1H3. The lowest BCUT2D eigenvalue weighted by molar-refractivity contribution is 0.632. The summed E-state index contributed by atoms with van der Waals surface area (Å²) in [6.07, 6.45) is 3.44. The number of nitrogen functional groups attached to an aromatic ring is 1. The van der Waals surface area contributed by atoms with Crippen LogP contribution < -0.4 is 5.73 Å². The Morgan fingerprint density at radius 3 is 2.83 bits per heavy atom. The van der Waals surface area contributed by atoms with Gasteiger partial charge in [0, 0.05) is 18.8 Å². The number of fused-ring (bicyclic) bond motifs is 1. The van der Waals surface area contributed by atoms with Gasteiger partial charge in [0.1, 0.15) is 11.6 Å². The van der Waals surface area contributed by atoms with Gasteiger partial charge in [-0.25, -0.2) is 9.37 Å². The van der Waals surface area contributed by atoms with Gasteiger partial charge in [-0.15, -0.1) is 0 Å². The molecular formula is C13H11FN4. The first kappa shape index (κ1) is 10.7. The van der Waals surface area contributed by atoms with Crippen LogP contribution in [-0.2, 0) is 7.05 Å². The number of benzene rings is 1. The second kappa shape index (κ2) is 3.80. The zero-order valence-electron chi connectivity index (χ0n) is 9.76. The van der Waals surface area contributed by atoms with E-state index < -0.39 is 5.82 Å². The molecule has 0 radical (unpaired) electrons. The average Bonchev–Trinajstić information content (AvgIpc) is 2.71. The second-order valence-electron chi connectivity index (χ2n) is 4.10. The molecule has 0 aliphatic heterocycles. The Morgan fingerprint density at radius 2 is 2.11 bits per heavy atom. The maximum atomic E-state index is 13.2. The summed E-state index contributed by atoms with van der Waals surface area (Å²) in [5, 5.41) is 0. The van der Waals surface area contributed by atoms with Crippen LogP contribution in [0.25, 0.3) is 22.4 Å². The summed E-state index contributed by atoms with van der Waals surface area (Å²) in [7, 11) is 1.89. The molecule has 0 fully saturated rings. The van der Waals surface area contributed by atoms with E-state index in [9.17, 15) is 4.39 Å². The van der Waals surface area contributed by atoms with Crippen molar-refractivity contribution in [2.24, 2.45) is 7.05 Å². The molecule has 0 spiro atoms. The van der Waals surface area contributed by atoms with Crippen molar-refractivity contribution in [3.8, 4) is 11.4 Å². The molecule has 90 valence electrons. The summed E-state index contributed by atoms with van der Waals surface area (Å²) in [4.78, 5) is 8.57. The van der Waals surface area contributed by atoms with E-state index in [0.29, 0.717) is 0 Å². The number of hydrogen-bond acceptors (Lipinski definition) is 3. The predicted molar refractivity (Wildman–Crippen MR) is 68.3 cm³/mol. The van der Waals surface area contributed by atoms with Crippen LogP contribution in [0.2, 0.25) is 0 Å². The van der Waals surface area contributed by atoms with Crippen molar-refractivity contribution in [3.05, 3.63) is 42.5 Å². The first-order chi connectivity index (χ1) is 8.66. The fourth-order valence-electron chi connectivity index (χ4n) is 1.98. The van der Waals surface area contributed by atoms with Gasteiger partial charge in [0.15, 0.2) is 0 Å². The minimum Gasteiger partial charge on any atom is -0.396 e. The molecule has 2 heterocycles. The van der Waals surface area contributed by atoms with Crippen molar-refractivity contribution in [1.29, 1.82) is 0 Å². The van der Waals surface area contributed by atoms with Gasteiger partial charge in [0.2, 0.25) is 0 Å². The van der Waals surface area contributed by atoms with Gasteiger partial charge in [-0.1, -0.05) is 0 Å². The maximum absolute atomic E-state index is 13.2. The number of rotatable bonds is 1. The van der Waals surface area contributed by atoms with Crippen molar-refractivity contribution in [1.82, 2.24) is 14.5 Å². The Labute approximate surface area is 103 Å². The summed E-state index contributed by atoms with van der Waals surface area (Å²) in [6, 6.07) is 6.44. The fourth-order valence-corrected chi connectivity index (χ4v) is 1.98. The summed E-state index contributed by atoms with van der Waals surface area (Å²) < 4.78 is 15.1. The highest BCUT2D eigenvalue weighted by molar-refractivity contribution is 5.80. The molecule has 4 nitrogen and oxygen atoms in total. The van der Waals surface area contributed by atoms with E-state index in [2.05, 4.69) is 9.97 Å². The highest BCUT2D eigenvalue weighted by Gasteiger charge is 2.10. The zero-order chi connectivity index (χ0) is 12.7. The Bertz CT molecular complexity index is 733. The highest BCUT2D eigenvalue weighted by Crippen LogP contribution is 2.25. The van der Waals surface area contributed by atoms with E-state index in [0.717, 1.165) is 22.4 Å². The number of hydrogen-bond donors (Lipinski definition) is 1. The second-order valence-corrected chi connectivity index (χ2v) is 4.10. The fraction of sp³-hybridized carbons (Fsp3) is 0.0769. The number of imidazole rings is 1. The average molecular weight is 242 g/mol. The maximum Gasteiger partial charge on any atom is 0.146 e. The van der Waals surface area contributed by atoms with Crippen molar-refractivity contribution >= 4 is 16.7 Å². The quantitative estimate of drug-likeness (QED) is 0.666. The van der Waals surface area contributed by atoms with E-state index in [-0.39, 0.29) is 5.69 Å². The Kier molecular flexibility index (Phi) is 2.26. The molecule has 3 rings (SSSR count). The van der Waals surface area contributed by atoms with Crippen LogP contribution in [0.5, 0.6) is 0 Å². The number of nitrogens with two attached hydrogens (primary N) is 1. The minimum atomic E-state index is -0.417. The first-order valence-corrected chi connectivity index (χ1v) is 5.48. The molecule has 0 unspecified atom stereocenters. The van der Waals surface area contributed by atoms with Crippen molar-refractivity contribution in [2.75, 3.05) is 5.73 Å². The minimum absolute atomic E-state index is 0.123. The zero-order valence-corrected chi connectivity index (χ0v) is 9.76. The molecule has 0 aliphatic rings. The third kappa shape index (κ3) is 1.52. The van der Waals surface area contributed by atoms with Crippen molar-refractivity contribution in [2.45, 2.75) is 0 Å². The Morgan fingerprint density at radius 1 is 1.28 bits per heavy atom. The Balaban J connectivity index is 2.25. The lowest BCUT2D eigenvalue weighted by Crippen LogP contribution is -1.95. The molecule has 0 atom stereocenters. The molecular weight excluding hydrogens is 231 g/mol. The lowest BCUT2D eigenvalue weighted by atomic mass is 10.2. The third-order valence-corrected chi connectivity index (χ3v) is 2.94. The highest BCUT2D eigenvalue weighted by atomic mass is 19.1. The van der Waals surface area contributed by atoms with E-state index in [4.69, 9.17) is 5.73 Å². The summed E-state index contributed by atoms with van der Waals surface area (Å²) in [5.74, 6) is 0.323. The number of aromatic nitrogens is 3. The van der Waals surface area contributed by atoms with Crippen LogP contribution in [0.3, 0.4) is 0 Å². The van der Waals surface area contributed by atoms with Gasteiger partial charge in [-0.05, 0) is 24.3 Å². The number of aryl methyl sites for hydroxylation is 1. The molecule has 2 N–H and O–H groups in total. The van der Waals surface area contributed by atoms with Crippen LogP contribution in [0.1, 0.15) is 0 Å². The van der Waals surface area contributed by atoms with Gasteiger partial charge >= 0.3 is 0 Å². The lowest BCUT2D eigenvalue weighted by Gasteiger charge is -2.04. The normalized spacial score (nSPS) is 11.0. The van der Waals surface area contributed by atoms with Crippen LogP contribution >= 0.6 is 0 Å². The largest absolute Gasteiger partial charge is 0.396 e. The number of anilines is 1. The van der Waals surface area contributed by atoms with Gasteiger partial charge < -0.3 is 10.3 Å². The number of pyridine rings is 1. The summed E-state index contributed by atoms with van der Waals surface area (Å²) in [5.41, 5.74) is 8.26. The molecule has 3 aromatic rings. The van der Waals surface area contributed by atoms with Crippen LogP contribution in [0.15, 0.2) is 36.7 Å². The first-order valence-electron chi connectivity index (χ1n) is 5.48. The number of nitrogens with zero attached hydrogens (tertiary/aromatic N) is 3. The molecule has 0 saturated carbocycles. The van der Waals surface area contributed by atoms with Gasteiger partial charge in [0.25, 0.3) is 0 Å². The van der Waals surface area contributed by atoms with E-state index >= 15 is 0 Å². The molecule has 18 heavy (non-hydrogen) atoms. The van der Waals surface area contributed by atoms with E-state index in [1.165, 1.54) is 6.07 Å². The summed E-state index contributed by atoms with van der Waals surface area (Å²) >= 11 is 0. The molecule has 0 bridgehead atoms. The third-order valence-electron chi connectivity index (χ3n) is 2.94. The molecule has 5 heteroatoms. The monoisotopic (exact) mass is 242 g/mol. The molecule has 0 amide bonds. The van der Waals surface area contributed by atoms with E-state index in [1.54, 1.807) is 24.5 Å². The van der Waals surface area contributed by atoms with Crippen molar-refractivity contribution in [3.63, 3.8) is 0 Å². The topological polar surface area (TPSA) is 56.7 Å². The number of halogens is 1. The molecule has 0 aliphatic carbocycles. The van der Waals surface area contributed by atoms with Gasteiger partial charge in [0.05, 0.1) is 22.9 Å². The van der Waals surface area contributed by atoms with E-state index in [1.807, 2.05) is 17.7 Å². The Hall–Kier alpha value is -2.43. The van der Waals surface area contributed by atoms with Crippen LogP contribution in [0, 0.1) is 5.82 Å².